The molecule has 1 unspecified atom stereocenters. The maximum atomic E-state index is 12.0. The summed E-state index contributed by atoms with van der Waals surface area (Å²) in [6, 6.07) is 6.93. The van der Waals surface area contributed by atoms with Gasteiger partial charge in [0.15, 0.2) is 0 Å². The Morgan fingerprint density at radius 3 is 2.50 bits per heavy atom. The van der Waals surface area contributed by atoms with Gasteiger partial charge in [0, 0.05) is 12.1 Å². The van der Waals surface area contributed by atoms with Gasteiger partial charge in [-0.1, -0.05) is 19.1 Å². The quantitative estimate of drug-likeness (QED) is 0.669. The number of aliphatic hydroxyl groups is 1. The molecule has 6 nitrogen and oxygen atoms in total. The van der Waals surface area contributed by atoms with Gasteiger partial charge < -0.3 is 20.5 Å². The fourth-order valence-corrected chi connectivity index (χ4v) is 1.94. The normalized spacial score (nSPS) is 13.1. The van der Waals surface area contributed by atoms with Gasteiger partial charge in [0.1, 0.15) is 5.75 Å². The third kappa shape index (κ3) is 5.04. The molecule has 0 heterocycles. The van der Waals surface area contributed by atoms with E-state index in [0.29, 0.717) is 30.9 Å². The molecule has 3 N–H and O–H groups in total. The van der Waals surface area contributed by atoms with E-state index in [-0.39, 0.29) is 6.61 Å². The van der Waals surface area contributed by atoms with Gasteiger partial charge >= 0.3 is 11.8 Å². The minimum absolute atomic E-state index is 0.0561. The Kier molecular flexibility index (Phi) is 6.85. The van der Waals surface area contributed by atoms with Crippen LogP contribution in [0.4, 0.5) is 5.69 Å². The third-order valence-corrected chi connectivity index (χ3v) is 3.50. The Balaban J connectivity index is 2.74. The van der Waals surface area contributed by atoms with E-state index >= 15 is 0 Å². The molecule has 6 heteroatoms. The van der Waals surface area contributed by atoms with Crippen LogP contribution in [-0.2, 0) is 9.59 Å². The van der Waals surface area contributed by atoms with Gasteiger partial charge in [-0.25, -0.2) is 0 Å². The topological polar surface area (TPSA) is 87.7 Å². The molecule has 0 fully saturated rings. The van der Waals surface area contributed by atoms with Crippen LogP contribution in [-0.4, -0.2) is 35.7 Å². The summed E-state index contributed by atoms with van der Waals surface area (Å²) >= 11 is 0. The molecule has 0 aliphatic heterocycles. The Morgan fingerprint density at radius 1 is 1.23 bits per heavy atom. The molecule has 2 amide bonds. The highest BCUT2D eigenvalue weighted by Crippen LogP contribution is 2.23. The monoisotopic (exact) mass is 308 g/mol. The first-order valence-electron chi connectivity index (χ1n) is 7.42. The van der Waals surface area contributed by atoms with Crippen LogP contribution in [0, 0.1) is 0 Å². The van der Waals surface area contributed by atoms with Crippen molar-refractivity contribution in [3.8, 4) is 5.75 Å². The van der Waals surface area contributed by atoms with Crippen LogP contribution in [0.1, 0.15) is 33.6 Å². The van der Waals surface area contributed by atoms with E-state index in [9.17, 15) is 9.59 Å². The van der Waals surface area contributed by atoms with Gasteiger partial charge in [0.05, 0.1) is 12.3 Å². The molecule has 0 saturated heterocycles. The van der Waals surface area contributed by atoms with E-state index in [0.717, 1.165) is 0 Å². The maximum absolute atomic E-state index is 12.0. The molecule has 0 aliphatic rings. The summed E-state index contributed by atoms with van der Waals surface area (Å²) in [5, 5.41) is 14.3. The fraction of sp³-hybridized carbons (Fsp3) is 0.500. The van der Waals surface area contributed by atoms with Crippen LogP contribution in [0.2, 0.25) is 0 Å². The van der Waals surface area contributed by atoms with Crippen LogP contribution < -0.4 is 15.4 Å². The fourth-order valence-electron chi connectivity index (χ4n) is 1.94. The average Bonchev–Trinajstić information content (AvgIpc) is 2.49. The summed E-state index contributed by atoms with van der Waals surface area (Å²) < 4.78 is 5.40. The molecule has 1 aromatic carbocycles. The lowest BCUT2D eigenvalue weighted by atomic mass is 9.95. The highest BCUT2D eigenvalue weighted by molar-refractivity contribution is 6.39. The van der Waals surface area contributed by atoms with Crippen LogP contribution in [0.15, 0.2) is 24.3 Å². The maximum Gasteiger partial charge on any atom is 0.313 e. The molecule has 0 bridgehead atoms. The molecule has 22 heavy (non-hydrogen) atoms. The first kappa shape index (κ1) is 18.0. The van der Waals surface area contributed by atoms with Crippen LogP contribution in [0.5, 0.6) is 5.75 Å². The number of para-hydroxylation sites is 2. The van der Waals surface area contributed by atoms with E-state index in [1.807, 2.05) is 13.8 Å². The number of anilines is 1. The van der Waals surface area contributed by atoms with Gasteiger partial charge in [-0.15, -0.1) is 0 Å². The van der Waals surface area contributed by atoms with E-state index in [4.69, 9.17) is 9.84 Å². The number of rotatable bonds is 7. The van der Waals surface area contributed by atoms with Crippen LogP contribution >= 0.6 is 0 Å². The van der Waals surface area contributed by atoms with Crippen molar-refractivity contribution in [1.29, 1.82) is 0 Å². The van der Waals surface area contributed by atoms with Crippen LogP contribution in [0.3, 0.4) is 0 Å². The van der Waals surface area contributed by atoms with E-state index in [1.165, 1.54) is 0 Å². The van der Waals surface area contributed by atoms with Crippen molar-refractivity contribution in [2.75, 3.05) is 18.5 Å². The number of carbonyl (C=O) groups excluding carboxylic acids is 2. The summed E-state index contributed by atoms with van der Waals surface area (Å²) in [6.45, 7) is 5.93. The molecule has 0 radical (unpaired) electrons. The van der Waals surface area contributed by atoms with Gasteiger partial charge in [-0.3, -0.25) is 9.59 Å². The zero-order chi connectivity index (χ0) is 16.6. The minimum atomic E-state index is -0.759. The zero-order valence-corrected chi connectivity index (χ0v) is 13.3. The second kappa shape index (κ2) is 8.38. The number of carbonyl (C=O) groups is 2. The molecule has 0 aliphatic carbocycles. The summed E-state index contributed by atoms with van der Waals surface area (Å²) in [5.41, 5.74) is -0.160. The van der Waals surface area contributed by atoms with Crippen LogP contribution in [0.25, 0.3) is 0 Å². The smallest absolute Gasteiger partial charge is 0.313 e. The molecule has 0 spiro atoms. The van der Waals surface area contributed by atoms with Crippen molar-refractivity contribution in [3.63, 3.8) is 0 Å². The largest absolute Gasteiger partial charge is 0.492 e. The number of aliphatic hydroxyl groups excluding tert-OH is 1. The number of hydrogen-bond donors (Lipinski definition) is 3. The van der Waals surface area contributed by atoms with Gasteiger partial charge in [-0.05, 0) is 38.8 Å². The highest BCUT2D eigenvalue weighted by Gasteiger charge is 2.27. The zero-order valence-electron chi connectivity index (χ0n) is 13.3. The van der Waals surface area contributed by atoms with Crippen molar-refractivity contribution in [2.24, 2.45) is 0 Å². The summed E-state index contributed by atoms with van der Waals surface area (Å²) in [6.07, 6.45) is 1.00. The number of nitrogens with one attached hydrogen (secondary N) is 2. The molecule has 1 rings (SSSR count). The number of ether oxygens (including phenoxy) is 1. The van der Waals surface area contributed by atoms with Crippen molar-refractivity contribution < 1.29 is 19.4 Å². The lowest BCUT2D eigenvalue weighted by molar-refractivity contribution is -0.137. The average molecular weight is 308 g/mol. The van der Waals surface area contributed by atoms with Crippen molar-refractivity contribution in [3.05, 3.63) is 24.3 Å². The predicted octanol–water partition coefficient (Wildman–Crippen LogP) is 1.69. The standard InChI is InChI=1S/C16H24N2O4/c1-4-16(3,10-11-19)18-15(21)14(20)17-12-8-6-7-9-13(12)22-5-2/h6-9,19H,4-5,10-11H2,1-3H3,(H,17,20)(H,18,21). The molecule has 122 valence electrons. The summed E-state index contributed by atoms with van der Waals surface area (Å²) in [5.74, 6) is -0.978. The predicted molar refractivity (Wildman–Crippen MR) is 84.8 cm³/mol. The van der Waals surface area contributed by atoms with Crippen molar-refractivity contribution in [1.82, 2.24) is 5.32 Å². The van der Waals surface area contributed by atoms with Gasteiger partial charge in [-0.2, -0.15) is 0 Å². The Labute approximate surface area is 130 Å². The summed E-state index contributed by atoms with van der Waals surface area (Å²) in [7, 11) is 0. The minimum Gasteiger partial charge on any atom is -0.492 e. The molecule has 0 aromatic heterocycles. The number of hydrogen-bond acceptors (Lipinski definition) is 4. The molecule has 0 saturated carbocycles. The first-order valence-corrected chi connectivity index (χ1v) is 7.42. The van der Waals surface area contributed by atoms with Gasteiger partial charge in [0.25, 0.3) is 0 Å². The first-order chi connectivity index (χ1) is 10.5. The Morgan fingerprint density at radius 2 is 1.91 bits per heavy atom. The third-order valence-electron chi connectivity index (χ3n) is 3.50. The Bertz CT molecular complexity index is 519. The van der Waals surface area contributed by atoms with E-state index < -0.39 is 17.4 Å². The molecule has 1 aromatic rings. The molecular weight excluding hydrogens is 284 g/mol. The second-order valence-corrected chi connectivity index (χ2v) is 5.23. The van der Waals surface area contributed by atoms with Crippen molar-refractivity contribution in [2.45, 2.75) is 39.2 Å². The highest BCUT2D eigenvalue weighted by atomic mass is 16.5. The Hall–Kier alpha value is -2.08. The number of benzene rings is 1. The summed E-state index contributed by atoms with van der Waals surface area (Å²) in [4.78, 5) is 24.0. The second-order valence-electron chi connectivity index (χ2n) is 5.23. The lowest BCUT2D eigenvalue weighted by Gasteiger charge is -2.28. The lowest BCUT2D eigenvalue weighted by Crippen LogP contribution is -2.50. The van der Waals surface area contributed by atoms with Crippen molar-refractivity contribution >= 4 is 17.5 Å². The molecular formula is C16H24N2O4. The molecule has 1 atom stereocenters. The van der Waals surface area contributed by atoms with Gasteiger partial charge in [0.2, 0.25) is 0 Å². The van der Waals surface area contributed by atoms with E-state index in [1.54, 1.807) is 31.2 Å². The number of amides is 2. The SMILES string of the molecule is CCOc1ccccc1NC(=O)C(=O)NC(C)(CC)CCO. The van der Waals surface area contributed by atoms with E-state index in [2.05, 4.69) is 10.6 Å².